The van der Waals surface area contributed by atoms with Crippen molar-refractivity contribution in [3.8, 4) is 0 Å². The summed E-state index contributed by atoms with van der Waals surface area (Å²) < 4.78 is 1.41. The lowest BCUT2D eigenvalue weighted by molar-refractivity contribution is -0.132. The van der Waals surface area contributed by atoms with E-state index in [0.717, 1.165) is 5.56 Å². The molecule has 2 rings (SSSR count). The van der Waals surface area contributed by atoms with Gasteiger partial charge >= 0.3 is 0 Å². The van der Waals surface area contributed by atoms with Gasteiger partial charge in [0.1, 0.15) is 6.54 Å². The SMILES string of the molecule is CCN(Cc1cccc(Cl)c1)C(=O)Cn1ccccc1=O. The lowest BCUT2D eigenvalue weighted by atomic mass is 10.2. The highest BCUT2D eigenvalue weighted by atomic mass is 35.5. The van der Waals surface area contributed by atoms with E-state index in [-0.39, 0.29) is 18.0 Å². The van der Waals surface area contributed by atoms with Gasteiger partial charge in [-0.25, -0.2) is 0 Å². The molecule has 0 atom stereocenters. The van der Waals surface area contributed by atoms with Crippen molar-refractivity contribution in [1.29, 1.82) is 0 Å². The van der Waals surface area contributed by atoms with Crippen LogP contribution in [0.25, 0.3) is 0 Å². The molecule has 0 N–H and O–H groups in total. The Morgan fingerprint density at radius 1 is 1.24 bits per heavy atom. The normalized spacial score (nSPS) is 10.4. The first kappa shape index (κ1) is 15.3. The molecule has 0 fully saturated rings. The van der Waals surface area contributed by atoms with Crippen molar-refractivity contribution in [2.24, 2.45) is 0 Å². The van der Waals surface area contributed by atoms with Crippen molar-refractivity contribution in [3.05, 3.63) is 69.6 Å². The molecule has 0 spiro atoms. The largest absolute Gasteiger partial charge is 0.337 e. The van der Waals surface area contributed by atoms with E-state index in [1.54, 1.807) is 29.3 Å². The summed E-state index contributed by atoms with van der Waals surface area (Å²) in [5, 5.41) is 0.648. The molecule has 4 nitrogen and oxygen atoms in total. The number of likely N-dealkylation sites (N-methyl/N-ethyl adjacent to an activating group) is 1. The summed E-state index contributed by atoms with van der Waals surface area (Å²) in [6.07, 6.45) is 1.62. The number of halogens is 1. The van der Waals surface area contributed by atoms with Gasteiger partial charge in [0.2, 0.25) is 5.91 Å². The van der Waals surface area contributed by atoms with Gasteiger partial charge in [0, 0.05) is 30.4 Å². The minimum Gasteiger partial charge on any atom is -0.337 e. The maximum Gasteiger partial charge on any atom is 0.250 e. The zero-order valence-electron chi connectivity index (χ0n) is 11.8. The minimum absolute atomic E-state index is 0.0497. The van der Waals surface area contributed by atoms with Crippen LogP contribution in [0.5, 0.6) is 0 Å². The van der Waals surface area contributed by atoms with Gasteiger partial charge in [-0.15, -0.1) is 0 Å². The second kappa shape index (κ2) is 7.09. The van der Waals surface area contributed by atoms with Crippen LogP contribution >= 0.6 is 11.6 Å². The molecule has 2 aromatic rings. The van der Waals surface area contributed by atoms with Gasteiger partial charge in [-0.2, -0.15) is 0 Å². The maximum absolute atomic E-state index is 12.3. The number of carbonyl (C=O) groups excluding carboxylic acids is 1. The van der Waals surface area contributed by atoms with Gasteiger partial charge in [0.15, 0.2) is 0 Å². The van der Waals surface area contributed by atoms with Crippen LogP contribution in [0.4, 0.5) is 0 Å². The Bertz CT molecular complexity index is 682. The summed E-state index contributed by atoms with van der Waals surface area (Å²) >= 11 is 5.95. The van der Waals surface area contributed by atoms with Crippen molar-refractivity contribution < 1.29 is 4.79 Å². The quantitative estimate of drug-likeness (QED) is 0.852. The molecule has 1 aromatic heterocycles. The minimum atomic E-state index is -0.176. The first-order valence-electron chi connectivity index (χ1n) is 6.78. The fourth-order valence-electron chi connectivity index (χ4n) is 2.07. The number of benzene rings is 1. The molecule has 1 heterocycles. The molecule has 1 amide bonds. The van der Waals surface area contributed by atoms with Gasteiger partial charge in [-0.05, 0) is 30.7 Å². The first-order valence-corrected chi connectivity index (χ1v) is 7.15. The topological polar surface area (TPSA) is 42.3 Å². The molecular formula is C16H17ClN2O2. The number of rotatable bonds is 5. The van der Waals surface area contributed by atoms with Crippen molar-refractivity contribution >= 4 is 17.5 Å². The molecule has 1 aromatic carbocycles. The number of aromatic nitrogens is 1. The molecular weight excluding hydrogens is 288 g/mol. The molecule has 0 saturated heterocycles. The lowest BCUT2D eigenvalue weighted by Gasteiger charge is -2.21. The van der Waals surface area contributed by atoms with E-state index < -0.39 is 0 Å². The Kier molecular flexibility index (Phi) is 5.17. The van der Waals surface area contributed by atoms with Crippen LogP contribution in [0.3, 0.4) is 0 Å². The van der Waals surface area contributed by atoms with Gasteiger partial charge in [0.25, 0.3) is 5.56 Å². The van der Waals surface area contributed by atoms with E-state index in [1.165, 1.54) is 10.6 Å². The molecule has 0 aliphatic carbocycles. The van der Waals surface area contributed by atoms with Crippen molar-refractivity contribution in [1.82, 2.24) is 9.47 Å². The van der Waals surface area contributed by atoms with E-state index in [1.807, 2.05) is 25.1 Å². The smallest absolute Gasteiger partial charge is 0.250 e. The molecule has 110 valence electrons. The maximum atomic E-state index is 12.3. The Morgan fingerprint density at radius 3 is 2.71 bits per heavy atom. The number of pyridine rings is 1. The van der Waals surface area contributed by atoms with Crippen LogP contribution in [0.1, 0.15) is 12.5 Å². The first-order chi connectivity index (χ1) is 10.1. The molecule has 21 heavy (non-hydrogen) atoms. The van der Waals surface area contributed by atoms with Crippen LogP contribution in [-0.2, 0) is 17.9 Å². The molecule has 0 radical (unpaired) electrons. The summed E-state index contributed by atoms with van der Waals surface area (Å²) in [5.74, 6) is -0.0919. The third kappa shape index (κ3) is 4.20. The predicted molar refractivity (Wildman–Crippen MR) is 83.2 cm³/mol. The highest BCUT2D eigenvalue weighted by Crippen LogP contribution is 2.12. The molecule has 0 saturated carbocycles. The van der Waals surface area contributed by atoms with E-state index in [9.17, 15) is 9.59 Å². The van der Waals surface area contributed by atoms with Gasteiger partial charge in [0.05, 0.1) is 0 Å². The Hall–Kier alpha value is -2.07. The van der Waals surface area contributed by atoms with Crippen LogP contribution in [0.15, 0.2) is 53.5 Å². The third-order valence-electron chi connectivity index (χ3n) is 3.20. The van der Waals surface area contributed by atoms with Crippen molar-refractivity contribution in [2.75, 3.05) is 6.54 Å². The fraction of sp³-hybridized carbons (Fsp3) is 0.250. The van der Waals surface area contributed by atoms with E-state index in [4.69, 9.17) is 11.6 Å². The fourth-order valence-corrected chi connectivity index (χ4v) is 2.28. The number of amides is 1. The van der Waals surface area contributed by atoms with Gasteiger partial charge in [-0.1, -0.05) is 29.8 Å². The average Bonchev–Trinajstić information content (AvgIpc) is 2.47. The molecule has 0 aliphatic heterocycles. The number of carbonyl (C=O) groups is 1. The van der Waals surface area contributed by atoms with E-state index >= 15 is 0 Å². The van der Waals surface area contributed by atoms with Crippen LogP contribution < -0.4 is 5.56 Å². The van der Waals surface area contributed by atoms with E-state index in [0.29, 0.717) is 18.1 Å². The van der Waals surface area contributed by atoms with E-state index in [2.05, 4.69) is 0 Å². The molecule has 0 unspecified atom stereocenters. The second-order valence-electron chi connectivity index (χ2n) is 4.70. The summed E-state index contributed by atoms with van der Waals surface area (Å²) in [6, 6.07) is 12.3. The standard InChI is InChI=1S/C16H17ClN2O2/c1-2-18(11-13-6-5-7-14(17)10-13)16(21)12-19-9-4-3-8-15(19)20/h3-10H,2,11-12H2,1H3. The van der Waals surface area contributed by atoms with Crippen LogP contribution in [0, 0.1) is 0 Å². The number of hydrogen-bond donors (Lipinski definition) is 0. The van der Waals surface area contributed by atoms with Gasteiger partial charge in [-0.3, -0.25) is 9.59 Å². The highest BCUT2D eigenvalue weighted by Gasteiger charge is 2.13. The lowest BCUT2D eigenvalue weighted by Crippen LogP contribution is -2.35. The summed E-state index contributed by atoms with van der Waals surface area (Å²) in [5.41, 5.74) is 0.794. The van der Waals surface area contributed by atoms with Gasteiger partial charge < -0.3 is 9.47 Å². The predicted octanol–water partition coefficient (Wildman–Crippen LogP) is 2.55. The van der Waals surface area contributed by atoms with Crippen molar-refractivity contribution in [2.45, 2.75) is 20.0 Å². The Balaban J connectivity index is 2.09. The monoisotopic (exact) mass is 304 g/mol. The average molecular weight is 305 g/mol. The summed E-state index contributed by atoms with van der Waals surface area (Å²) in [7, 11) is 0. The Labute approximate surface area is 128 Å². The number of hydrogen-bond acceptors (Lipinski definition) is 2. The highest BCUT2D eigenvalue weighted by molar-refractivity contribution is 6.30. The zero-order valence-corrected chi connectivity index (χ0v) is 12.6. The summed E-state index contributed by atoms with van der Waals surface area (Å²) in [4.78, 5) is 25.7. The summed E-state index contributed by atoms with van der Waals surface area (Å²) in [6.45, 7) is 3.02. The molecule has 5 heteroatoms. The van der Waals surface area contributed by atoms with Crippen molar-refractivity contribution in [3.63, 3.8) is 0 Å². The van der Waals surface area contributed by atoms with Crippen LogP contribution in [-0.4, -0.2) is 21.9 Å². The zero-order chi connectivity index (χ0) is 15.2. The second-order valence-corrected chi connectivity index (χ2v) is 5.14. The molecule has 0 aliphatic rings. The van der Waals surface area contributed by atoms with Crippen LogP contribution in [0.2, 0.25) is 5.02 Å². The Morgan fingerprint density at radius 2 is 2.05 bits per heavy atom. The number of nitrogens with zero attached hydrogens (tertiary/aromatic N) is 2. The molecule has 0 bridgehead atoms. The third-order valence-corrected chi connectivity index (χ3v) is 3.44.